The number of guanidine groups is 1. The fraction of sp³-hybridized carbons (Fsp3) is 0.667. The van der Waals surface area contributed by atoms with E-state index in [4.69, 9.17) is 9.47 Å². The van der Waals surface area contributed by atoms with Crippen molar-refractivity contribution < 1.29 is 9.47 Å². The Morgan fingerprint density at radius 3 is 2.81 bits per heavy atom. The maximum Gasteiger partial charge on any atom is 0.193 e. The fourth-order valence-corrected chi connectivity index (χ4v) is 3.73. The molecule has 1 spiro atoms. The number of hydrogen-bond acceptors (Lipinski definition) is 3. The molecule has 0 aliphatic carbocycles. The van der Waals surface area contributed by atoms with Crippen molar-refractivity contribution in [3.05, 3.63) is 35.4 Å². The van der Waals surface area contributed by atoms with Gasteiger partial charge in [-0.2, -0.15) is 0 Å². The average Bonchev–Trinajstić information content (AvgIpc) is 3.24. The molecule has 5 heteroatoms. The lowest BCUT2D eigenvalue weighted by Gasteiger charge is -2.25. The Kier molecular flexibility index (Phi) is 5.88. The third kappa shape index (κ3) is 4.98. The predicted octanol–water partition coefficient (Wildman–Crippen LogP) is 3.19. The molecule has 2 aliphatic heterocycles. The number of rotatable bonds is 4. The van der Waals surface area contributed by atoms with Gasteiger partial charge in [-0.05, 0) is 44.7 Å². The maximum absolute atomic E-state index is 5.89. The zero-order valence-electron chi connectivity index (χ0n) is 16.7. The summed E-state index contributed by atoms with van der Waals surface area (Å²) in [4.78, 5) is 6.87. The molecule has 0 saturated carbocycles. The number of nitrogens with zero attached hydrogens (tertiary/aromatic N) is 2. The minimum atomic E-state index is -0.119. The summed E-state index contributed by atoms with van der Waals surface area (Å²) in [5.41, 5.74) is 2.69. The summed E-state index contributed by atoms with van der Waals surface area (Å²) in [6, 6.07) is 8.58. The summed E-state index contributed by atoms with van der Waals surface area (Å²) in [7, 11) is 1.87. The second-order valence-electron chi connectivity index (χ2n) is 8.60. The molecule has 1 aromatic carbocycles. The molecule has 0 radical (unpaired) electrons. The number of ether oxygens (including phenoxy) is 2. The van der Waals surface area contributed by atoms with Gasteiger partial charge in [0.25, 0.3) is 0 Å². The monoisotopic (exact) mass is 359 g/mol. The number of nitrogens with one attached hydrogen (secondary N) is 1. The van der Waals surface area contributed by atoms with Crippen molar-refractivity contribution in [1.82, 2.24) is 10.2 Å². The first-order chi connectivity index (χ1) is 12.4. The Labute approximate surface area is 157 Å². The molecule has 1 atom stereocenters. The highest BCUT2D eigenvalue weighted by Crippen LogP contribution is 2.38. The van der Waals surface area contributed by atoms with Gasteiger partial charge in [0.15, 0.2) is 5.96 Å². The summed E-state index contributed by atoms with van der Waals surface area (Å²) < 4.78 is 11.5. The second kappa shape index (κ2) is 7.97. The molecule has 3 rings (SSSR count). The zero-order valence-corrected chi connectivity index (χ0v) is 16.7. The average molecular weight is 360 g/mol. The number of benzene rings is 1. The SMILES string of the molecule is CN=C(NCc1cccc(COC(C)(C)C)c1)N1CCC2(CCOC2)C1. The largest absolute Gasteiger partial charge is 0.381 e. The topological polar surface area (TPSA) is 46.1 Å². The van der Waals surface area contributed by atoms with E-state index in [-0.39, 0.29) is 5.60 Å². The number of likely N-dealkylation sites (tertiary alicyclic amines) is 1. The first kappa shape index (κ1) is 19.2. The van der Waals surface area contributed by atoms with E-state index in [1.54, 1.807) is 0 Å². The van der Waals surface area contributed by atoms with Gasteiger partial charge in [-0.3, -0.25) is 4.99 Å². The van der Waals surface area contributed by atoms with Crippen LogP contribution >= 0.6 is 0 Å². The van der Waals surface area contributed by atoms with Gasteiger partial charge in [-0.15, -0.1) is 0 Å². The van der Waals surface area contributed by atoms with Crippen LogP contribution in [0.15, 0.2) is 29.3 Å². The van der Waals surface area contributed by atoms with Crippen molar-refractivity contribution in [2.75, 3.05) is 33.4 Å². The van der Waals surface area contributed by atoms with Gasteiger partial charge < -0.3 is 19.7 Å². The molecule has 5 nitrogen and oxygen atoms in total. The lowest BCUT2D eigenvalue weighted by molar-refractivity contribution is -0.0149. The number of hydrogen-bond donors (Lipinski definition) is 1. The summed E-state index contributed by atoms with van der Waals surface area (Å²) in [6.07, 6.45) is 2.38. The predicted molar refractivity (Wildman–Crippen MR) is 105 cm³/mol. The Bertz CT molecular complexity index is 630. The minimum absolute atomic E-state index is 0.119. The summed E-state index contributed by atoms with van der Waals surface area (Å²) >= 11 is 0. The van der Waals surface area contributed by atoms with E-state index >= 15 is 0 Å². The van der Waals surface area contributed by atoms with E-state index in [1.807, 2.05) is 7.05 Å². The molecule has 0 amide bonds. The van der Waals surface area contributed by atoms with E-state index in [1.165, 1.54) is 24.0 Å². The Morgan fingerprint density at radius 1 is 1.31 bits per heavy atom. The van der Waals surface area contributed by atoms with Gasteiger partial charge in [0.05, 0.1) is 18.8 Å². The number of aliphatic imine (C=N–C) groups is 1. The van der Waals surface area contributed by atoms with Crippen LogP contribution in [0.4, 0.5) is 0 Å². The first-order valence-electron chi connectivity index (χ1n) is 9.64. The van der Waals surface area contributed by atoms with Gasteiger partial charge in [-0.1, -0.05) is 24.3 Å². The third-order valence-corrected chi connectivity index (χ3v) is 5.25. The third-order valence-electron chi connectivity index (χ3n) is 5.25. The van der Waals surface area contributed by atoms with Crippen LogP contribution in [0.2, 0.25) is 0 Å². The quantitative estimate of drug-likeness (QED) is 0.662. The van der Waals surface area contributed by atoms with Crippen molar-refractivity contribution >= 4 is 5.96 Å². The maximum atomic E-state index is 5.89. The molecule has 1 aromatic rings. The van der Waals surface area contributed by atoms with Crippen LogP contribution in [0.3, 0.4) is 0 Å². The van der Waals surface area contributed by atoms with Gasteiger partial charge in [0.1, 0.15) is 0 Å². The highest BCUT2D eigenvalue weighted by molar-refractivity contribution is 5.80. The first-order valence-corrected chi connectivity index (χ1v) is 9.64. The minimum Gasteiger partial charge on any atom is -0.381 e. The van der Waals surface area contributed by atoms with Gasteiger partial charge in [0.2, 0.25) is 0 Å². The molecule has 144 valence electrons. The molecule has 0 aromatic heterocycles. The van der Waals surface area contributed by atoms with Crippen molar-refractivity contribution in [2.24, 2.45) is 10.4 Å². The van der Waals surface area contributed by atoms with E-state index in [2.05, 4.69) is 60.2 Å². The van der Waals surface area contributed by atoms with Crippen molar-refractivity contribution in [3.8, 4) is 0 Å². The normalized spacial score (nSPS) is 23.8. The van der Waals surface area contributed by atoms with Crippen LogP contribution in [-0.2, 0) is 22.6 Å². The van der Waals surface area contributed by atoms with Gasteiger partial charge in [0, 0.05) is 38.7 Å². The molecule has 2 saturated heterocycles. The van der Waals surface area contributed by atoms with Crippen molar-refractivity contribution in [3.63, 3.8) is 0 Å². The molecule has 2 heterocycles. The molecule has 1 N–H and O–H groups in total. The Balaban J connectivity index is 1.54. The van der Waals surface area contributed by atoms with Crippen LogP contribution in [-0.4, -0.2) is 49.8 Å². The van der Waals surface area contributed by atoms with Crippen LogP contribution < -0.4 is 5.32 Å². The van der Waals surface area contributed by atoms with Crippen LogP contribution in [0.5, 0.6) is 0 Å². The summed E-state index contributed by atoms with van der Waals surface area (Å²) in [5, 5.41) is 3.53. The highest BCUT2D eigenvalue weighted by Gasteiger charge is 2.42. The lowest BCUT2D eigenvalue weighted by Crippen LogP contribution is -2.41. The van der Waals surface area contributed by atoms with Crippen molar-refractivity contribution in [1.29, 1.82) is 0 Å². The Hall–Kier alpha value is -1.59. The van der Waals surface area contributed by atoms with Gasteiger partial charge >= 0.3 is 0 Å². The smallest absolute Gasteiger partial charge is 0.193 e. The molecule has 0 bridgehead atoms. The lowest BCUT2D eigenvalue weighted by atomic mass is 9.87. The van der Waals surface area contributed by atoms with Gasteiger partial charge in [-0.25, -0.2) is 0 Å². The van der Waals surface area contributed by atoms with Crippen molar-refractivity contribution in [2.45, 2.75) is 52.4 Å². The molecule has 26 heavy (non-hydrogen) atoms. The van der Waals surface area contributed by atoms with E-state index < -0.39 is 0 Å². The van der Waals surface area contributed by atoms with E-state index in [9.17, 15) is 0 Å². The molecule has 2 fully saturated rings. The van der Waals surface area contributed by atoms with E-state index in [0.29, 0.717) is 12.0 Å². The molecular weight excluding hydrogens is 326 g/mol. The van der Waals surface area contributed by atoms with Crippen LogP contribution in [0, 0.1) is 5.41 Å². The van der Waals surface area contributed by atoms with Crippen LogP contribution in [0.25, 0.3) is 0 Å². The summed E-state index contributed by atoms with van der Waals surface area (Å²) in [6.45, 7) is 11.6. The highest BCUT2D eigenvalue weighted by atomic mass is 16.5. The molecule has 1 unspecified atom stereocenters. The van der Waals surface area contributed by atoms with Crippen LogP contribution in [0.1, 0.15) is 44.7 Å². The zero-order chi connectivity index (χ0) is 18.6. The fourth-order valence-electron chi connectivity index (χ4n) is 3.73. The molecular formula is C21H33N3O2. The summed E-state index contributed by atoms with van der Waals surface area (Å²) in [5.74, 6) is 0.991. The Morgan fingerprint density at radius 2 is 2.12 bits per heavy atom. The molecule has 2 aliphatic rings. The second-order valence-corrected chi connectivity index (χ2v) is 8.60. The standard InChI is InChI=1S/C21H33N3O2/c1-20(2,3)26-14-18-7-5-6-17(12-18)13-23-19(22-4)24-10-8-21(15-24)9-11-25-16-21/h5-7,12H,8-11,13-16H2,1-4H3,(H,22,23). The van der Waals surface area contributed by atoms with E-state index in [0.717, 1.165) is 38.8 Å².